The number of nitrogens with zero attached hydrogens (tertiary/aromatic N) is 3. The van der Waals surface area contributed by atoms with Crippen molar-refractivity contribution in [2.24, 2.45) is 14.1 Å². The first-order valence-electron chi connectivity index (χ1n) is 3.58. The van der Waals surface area contributed by atoms with Crippen LogP contribution in [0.5, 0.6) is 0 Å². The molecule has 62 valence electrons. The van der Waals surface area contributed by atoms with Gasteiger partial charge in [-0.3, -0.25) is 0 Å². The molecule has 0 spiro atoms. The first-order valence-corrected chi connectivity index (χ1v) is 3.58. The van der Waals surface area contributed by atoms with Crippen molar-refractivity contribution in [1.82, 2.24) is 14.8 Å². The van der Waals surface area contributed by atoms with Crippen molar-refractivity contribution < 1.29 is 4.57 Å². The van der Waals surface area contributed by atoms with E-state index in [-0.39, 0.29) is 5.56 Å². The van der Waals surface area contributed by atoms with Crippen LogP contribution >= 0.6 is 0 Å². The molecule has 0 aliphatic carbocycles. The molecule has 1 N–H and O–H groups in total. The Bertz CT molecular complexity index is 482. The van der Waals surface area contributed by atoms with Gasteiger partial charge in [-0.25, -0.2) is 13.9 Å². The van der Waals surface area contributed by atoms with Crippen LogP contribution < -0.4 is 10.1 Å². The van der Waals surface area contributed by atoms with Gasteiger partial charge < -0.3 is 0 Å². The molecule has 2 aromatic rings. The Morgan fingerprint density at radius 3 is 3.17 bits per heavy atom. The lowest BCUT2D eigenvalue weighted by Crippen LogP contribution is -2.36. The van der Waals surface area contributed by atoms with Crippen LogP contribution in [0.2, 0.25) is 0 Å². The second-order valence-corrected chi connectivity index (χ2v) is 2.77. The van der Waals surface area contributed by atoms with Crippen LogP contribution in [0.4, 0.5) is 0 Å². The van der Waals surface area contributed by atoms with Gasteiger partial charge in [0.15, 0.2) is 11.7 Å². The molecule has 2 rings (SSSR count). The number of aryl methyl sites for hydroxylation is 2. The van der Waals surface area contributed by atoms with Crippen molar-refractivity contribution in [2.75, 3.05) is 0 Å². The zero-order valence-electron chi connectivity index (χ0n) is 6.90. The molecule has 0 fully saturated rings. The molecule has 0 saturated heterocycles. The third kappa shape index (κ3) is 0.761. The summed E-state index contributed by atoms with van der Waals surface area (Å²) in [5.74, 6) is 0. The highest BCUT2D eigenvalue weighted by Gasteiger charge is 2.10. The molecule has 0 aliphatic heterocycles. The number of aromatic amines is 1. The van der Waals surface area contributed by atoms with Crippen LogP contribution in [-0.4, -0.2) is 14.8 Å². The lowest BCUT2D eigenvalue weighted by atomic mass is 10.4. The molecule has 0 amide bonds. The average molecular weight is 165 g/mol. The molecule has 2 heterocycles. The number of fused-ring (bicyclic) bond motifs is 1. The monoisotopic (exact) mass is 165 g/mol. The summed E-state index contributed by atoms with van der Waals surface area (Å²) < 4.78 is 3.35. The van der Waals surface area contributed by atoms with Crippen LogP contribution in [0.3, 0.4) is 0 Å². The molecule has 0 atom stereocenters. The summed E-state index contributed by atoms with van der Waals surface area (Å²) in [5.41, 5.74) is 0.718. The van der Waals surface area contributed by atoms with Gasteiger partial charge in [0.05, 0.1) is 20.3 Å². The zero-order chi connectivity index (χ0) is 8.72. The number of nitrogens with one attached hydrogen (secondary N) is 1. The SMILES string of the molecule is Cn1c[n+](C)c2[nH]ncc2c1=O. The molecule has 12 heavy (non-hydrogen) atoms. The standard InChI is InChI=1S/C7H8N4O/c1-10-4-11(2)7(12)5-3-8-9-6(5)10/h3-4H,1-2H3/p+1. The fraction of sp³-hybridized carbons (Fsp3) is 0.286. The minimum Gasteiger partial charge on any atom is -0.250 e. The zero-order valence-corrected chi connectivity index (χ0v) is 6.90. The van der Waals surface area contributed by atoms with E-state index in [1.165, 1.54) is 10.8 Å². The number of hydrogen-bond donors (Lipinski definition) is 1. The largest absolute Gasteiger partial charge is 0.321 e. The first kappa shape index (κ1) is 7.02. The molecular weight excluding hydrogens is 156 g/mol. The van der Waals surface area contributed by atoms with Crippen LogP contribution in [0.25, 0.3) is 11.0 Å². The van der Waals surface area contributed by atoms with Crippen molar-refractivity contribution in [1.29, 1.82) is 0 Å². The topological polar surface area (TPSA) is 54.6 Å². The average Bonchev–Trinajstić information content (AvgIpc) is 2.48. The highest BCUT2D eigenvalue weighted by molar-refractivity contribution is 5.68. The second kappa shape index (κ2) is 2.17. The maximum Gasteiger partial charge on any atom is 0.321 e. The maximum absolute atomic E-state index is 11.4. The number of hydrogen-bond acceptors (Lipinski definition) is 2. The Hall–Kier alpha value is -1.65. The van der Waals surface area contributed by atoms with E-state index in [9.17, 15) is 4.79 Å². The van der Waals surface area contributed by atoms with Crippen molar-refractivity contribution >= 4 is 11.0 Å². The number of rotatable bonds is 0. The Morgan fingerprint density at radius 2 is 2.42 bits per heavy atom. The summed E-state index contributed by atoms with van der Waals surface area (Å²) in [6, 6.07) is 0. The van der Waals surface area contributed by atoms with Gasteiger partial charge in [-0.05, 0) is 0 Å². The van der Waals surface area contributed by atoms with E-state index in [1.54, 1.807) is 13.4 Å². The fourth-order valence-electron chi connectivity index (χ4n) is 1.26. The summed E-state index contributed by atoms with van der Waals surface area (Å²) in [5, 5.41) is 7.17. The van der Waals surface area contributed by atoms with Gasteiger partial charge in [-0.2, -0.15) is 5.10 Å². The Labute approximate surface area is 68.3 Å². The van der Waals surface area contributed by atoms with Crippen molar-refractivity contribution in [3.05, 3.63) is 22.9 Å². The summed E-state index contributed by atoms with van der Waals surface area (Å²) in [4.78, 5) is 11.4. The predicted octanol–water partition coefficient (Wildman–Crippen LogP) is -0.914. The predicted molar refractivity (Wildman–Crippen MR) is 42.5 cm³/mol. The third-order valence-corrected chi connectivity index (χ3v) is 1.87. The fourth-order valence-corrected chi connectivity index (χ4v) is 1.26. The molecule has 5 nitrogen and oxygen atoms in total. The quantitative estimate of drug-likeness (QED) is 0.513. The number of H-pyrrole nitrogens is 1. The van der Waals surface area contributed by atoms with Crippen LogP contribution in [0.15, 0.2) is 17.3 Å². The molecule has 0 unspecified atom stereocenters. The molecule has 0 aliphatic rings. The smallest absolute Gasteiger partial charge is 0.250 e. The highest BCUT2D eigenvalue weighted by atomic mass is 16.1. The maximum atomic E-state index is 11.4. The van der Waals surface area contributed by atoms with Gasteiger partial charge in [-0.1, -0.05) is 0 Å². The summed E-state index contributed by atoms with van der Waals surface area (Å²) >= 11 is 0. The molecule has 0 radical (unpaired) electrons. The van der Waals surface area contributed by atoms with Gasteiger partial charge in [0, 0.05) is 0 Å². The number of aromatic nitrogens is 4. The molecule has 0 bridgehead atoms. The van der Waals surface area contributed by atoms with E-state index in [1.807, 2.05) is 11.6 Å². The summed E-state index contributed by atoms with van der Waals surface area (Å²) in [6.45, 7) is 0. The van der Waals surface area contributed by atoms with E-state index in [2.05, 4.69) is 10.2 Å². The van der Waals surface area contributed by atoms with Gasteiger partial charge in [0.1, 0.15) is 0 Å². The van der Waals surface area contributed by atoms with Crippen molar-refractivity contribution in [3.8, 4) is 0 Å². The Morgan fingerprint density at radius 1 is 1.67 bits per heavy atom. The van der Waals surface area contributed by atoms with Crippen molar-refractivity contribution in [3.63, 3.8) is 0 Å². The van der Waals surface area contributed by atoms with E-state index in [0.717, 1.165) is 5.65 Å². The second-order valence-electron chi connectivity index (χ2n) is 2.77. The first-order chi connectivity index (χ1) is 5.70. The van der Waals surface area contributed by atoms with Crippen LogP contribution in [0, 0.1) is 0 Å². The van der Waals surface area contributed by atoms with E-state index in [4.69, 9.17) is 0 Å². The molecule has 0 aromatic carbocycles. The van der Waals surface area contributed by atoms with E-state index < -0.39 is 0 Å². The molecule has 5 heteroatoms. The van der Waals surface area contributed by atoms with E-state index >= 15 is 0 Å². The van der Waals surface area contributed by atoms with Gasteiger partial charge >= 0.3 is 5.56 Å². The van der Waals surface area contributed by atoms with Crippen LogP contribution in [-0.2, 0) is 14.1 Å². The molecule has 2 aromatic heterocycles. The lowest BCUT2D eigenvalue weighted by Gasteiger charge is -1.94. The molecule has 0 saturated carbocycles. The third-order valence-electron chi connectivity index (χ3n) is 1.87. The van der Waals surface area contributed by atoms with Gasteiger partial charge in [0.25, 0.3) is 5.65 Å². The van der Waals surface area contributed by atoms with Crippen LogP contribution in [0.1, 0.15) is 0 Å². The van der Waals surface area contributed by atoms with E-state index in [0.29, 0.717) is 5.39 Å². The highest BCUT2D eigenvalue weighted by Crippen LogP contribution is 1.95. The lowest BCUT2D eigenvalue weighted by molar-refractivity contribution is -0.651. The minimum atomic E-state index is -0.0307. The minimum absolute atomic E-state index is 0.0307. The normalized spacial score (nSPS) is 10.8. The van der Waals surface area contributed by atoms with Crippen molar-refractivity contribution in [2.45, 2.75) is 0 Å². The molecular formula is C7H9N4O+. The summed E-state index contributed by atoms with van der Waals surface area (Å²) in [7, 11) is 3.58. The Balaban J connectivity index is 3.07. The van der Waals surface area contributed by atoms with Gasteiger partial charge in [-0.15, -0.1) is 5.10 Å². The van der Waals surface area contributed by atoms with Gasteiger partial charge in [0.2, 0.25) is 0 Å². The summed E-state index contributed by atoms with van der Waals surface area (Å²) in [6.07, 6.45) is 3.25. The Kier molecular flexibility index (Phi) is 1.27.